The maximum Gasteiger partial charge on any atom is 0.161 e. The molecule has 1 N–H and O–H groups in total. The summed E-state index contributed by atoms with van der Waals surface area (Å²) in [7, 11) is 1.66. The molecule has 28 heavy (non-hydrogen) atoms. The molecule has 0 saturated heterocycles. The fraction of sp³-hybridized carbons (Fsp3) is 0.217. The van der Waals surface area contributed by atoms with Crippen LogP contribution in [0.4, 0.5) is 0 Å². The molecule has 146 valence electrons. The van der Waals surface area contributed by atoms with Crippen molar-refractivity contribution < 1.29 is 9.47 Å². The average Bonchev–Trinajstić information content (AvgIpc) is 2.72. The summed E-state index contributed by atoms with van der Waals surface area (Å²) in [5, 5.41) is 4.79. The number of benzene rings is 3. The number of ether oxygens (including phenoxy) is 2. The first-order valence-corrected chi connectivity index (χ1v) is 9.89. The van der Waals surface area contributed by atoms with Crippen LogP contribution in [0.1, 0.15) is 16.7 Å². The van der Waals surface area contributed by atoms with E-state index < -0.39 is 0 Å². The first-order chi connectivity index (χ1) is 13.7. The molecule has 0 radical (unpaired) electrons. The van der Waals surface area contributed by atoms with Gasteiger partial charge >= 0.3 is 0 Å². The van der Waals surface area contributed by atoms with Gasteiger partial charge in [-0.15, -0.1) is 0 Å². The van der Waals surface area contributed by atoms with E-state index in [2.05, 4.69) is 5.32 Å². The number of hydrogen-bond donors (Lipinski definition) is 1. The highest BCUT2D eigenvalue weighted by Crippen LogP contribution is 2.29. The molecule has 3 nitrogen and oxygen atoms in total. The van der Waals surface area contributed by atoms with Crippen LogP contribution in [-0.4, -0.2) is 13.7 Å². The van der Waals surface area contributed by atoms with Gasteiger partial charge in [0.2, 0.25) is 0 Å². The molecule has 0 spiro atoms. The minimum Gasteiger partial charge on any atom is -0.493 e. The van der Waals surface area contributed by atoms with Gasteiger partial charge in [0, 0.05) is 16.6 Å². The van der Waals surface area contributed by atoms with Gasteiger partial charge in [0.1, 0.15) is 6.61 Å². The molecule has 0 bridgehead atoms. The lowest BCUT2D eigenvalue weighted by molar-refractivity contribution is 0.284. The van der Waals surface area contributed by atoms with Crippen molar-refractivity contribution in [3.8, 4) is 11.5 Å². The summed E-state index contributed by atoms with van der Waals surface area (Å²) in [6, 6.07) is 21.7. The van der Waals surface area contributed by atoms with Crippen LogP contribution in [0.2, 0.25) is 10.0 Å². The van der Waals surface area contributed by atoms with Crippen molar-refractivity contribution >= 4 is 23.2 Å². The lowest BCUT2D eigenvalue weighted by Gasteiger charge is -2.13. The zero-order chi connectivity index (χ0) is 19.8. The van der Waals surface area contributed by atoms with Crippen LogP contribution < -0.4 is 14.8 Å². The fourth-order valence-electron chi connectivity index (χ4n) is 2.86. The number of hydrogen-bond acceptors (Lipinski definition) is 3. The summed E-state index contributed by atoms with van der Waals surface area (Å²) in [5.74, 6) is 1.47. The van der Waals surface area contributed by atoms with Crippen molar-refractivity contribution in [2.45, 2.75) is 19.6 Å². The van der Waals surface area contributed by atoms with Gasteiger partial charge in [-0.3, -0.25) is 0 Å². The molecule has 0 aliphatic rings. The summed E-state index contributed by atoms with van der Waals surface area (Å²) >= 11 is 12.1. The topological polar surface area (TPSA) is 30.5 Å². The molecule has 0 unspecified atom stereocenters. The summed E-state index contributed by atoms with van der Waals surface area (Å²) in [5.41, 5.74) is 3.34. The Morgan fingerprint density at radius 3 is 2.43 bits per heavy atom. The van der Waals surface area contributed by atoms with Gasteiger partial charge in [-0.05, 0) is 53.9 Å². The average molecular weight is 416 g/mol. The second-order valence-corrected chi connectivity index (χ2v) is 7.27. The SMILES string of the molecule is COc1cc(CNCCc2ccc(Cl)cc2Cl)ccc1OCc1ccccc1. The second kappa shape index (κ2) is 10.4. The first kappa shape index (κ1) is 20.5. The Balaban J connectivity index is 1.51. The van der Waals surface area contributed by atoms with Crippen LogP contribution in [0.3, 0.4) is 0 Å². The second-order valence-electron chi connectivity index (χ2n) is 6.42. The van der Waals surface area contributed by atoms with Crippen LogP contribution >= 0.6 is 23.2 Å². The number of nitrogens with one attached hydrogen (secondary N) is 1. The van der Waals surface area contributed by atoms with Gasteiger partial charge in [0.25, 0.3) is 0 Å². The van der Waals surface area contributed by atoms with Crippen molar-refractivity contribution in [2.75, 3.05) is 13.7 Å². The quantitative estimate of drug-likeness (QED) is 0.440. The van der Waals surface area contributed by atoms with Crippen molar-refractivity contribution in [1.29, 1.82) is 0 Å². The lowest BCUT2D eigenvalue weighted by atomic mass is 10.1. The number of rotatable bonds is 9. The van der Waals surface area contributed by atoms with E-state index >= 15 is 0 Å². The number of halogens is 2. The molecule has 3 rings (SSSR count). The van der Waals surface area contributed by atoms with Crippen molar-refractivity contribution in [1.82, 2.24) is 5.32 Å². The minimum absolute atomic E-state index is 0.511. The molecule has 5 heteroatoms. The van der Waals surface area contributed by atoms with Crippen LogP contribution in [0.25, 0.3) is 0 Å². The van der Waals surface area contributed by atoms with Crippen molar-refractivity contribution in [3.05, 3.63) is 93.5 Å². The third-order valence-corrected chi connectivity index (χ3v) is 4.97. The van der Waals surface area contributed by atoms with E-state index in [0.29, 0.717) is 16.7 Å². The van der Waals surface area contributed by atoms with Crippen molar-refractivity contribution in [2.24, 2.45) is 0 Å². The Kier molecular flexibility index (Phi) is 7.61. The Labute approximate surface area is 176 Å². The third kappa shape index (κ3) is 5.90. The summed E-state index contributed by atoms with van der Waals surface area (Å²) in [4.78, 5) is 0. The lowest BCUT2D eigenvalue weighted by Crippen LogP contribution is -2.16. The van der Waals surface area contributed by atoms with Gasteiger partial charge < -0.3 is 14.8 Å². The smallest absolute Gasteiger partial charge is 0.161 e. The van der Waals surface area contributed by atoms with Crippen LogP contribution in [0.5, 0.6) is 11.5 Å². The normalized spacial score (nSPS) is 10.7. The van der Waals surface area contributed by atoms with Gasteiger partial charge in [-0.25, -0.2) is 0 Å². The molecule has 3 aromatic carbocycles. The van der Waals surface area contributed by atoms with E-state index in [4.69, 9.17) is 32.7 Å². The molecule has 0 aliphatic heterocycles. The van der Waals surface area contributed by atoms with E-state index in [0.717, 1.165) is 47.7 Å². The van der Waals surface area contributed by atoms with E-state index in [9.17, 15) is 0 Å². The first-order valence-electron chi connectivity index (χ1n) is 9.14. The fourth-order valence-corrected chi connectivity index (χ4v) is 3.36. The van der Waals surface area contributed by atoms with Crippen LogP contribution in [0.15, 0.2) is 66.7 Å². The maximum absolute atomic E-state index is 6.21. The monoisotopic (exact) mass is 415 g/mol. The molecule has 3 aromatic rings. The summed E-state index contributed by atoms with van der Waals surface area (Å²) in [6.45, 7) is 2.06. The largest absolute Gasteiger partial charge is 0.493 e. The van der Waals surface area contributed by atoms with Gasteiger partial charge in [-0.1, -0.05) is 65.7 Å². The van der Waals surface area contributed by atoms with Gasteiger partial charge in [0.05, 0.1) is 7.11 Å². The molecule has 0 aliphatic carbocycles. The Morgan fingerprint density at radius 2 is 1.68 bits per heavy atom. The van der Waals surface area contributed by atoms with Crippen LogP contribution in [-0.2, 0) is 19.6 Å². The van der Waals surface area contributed by atoms with Gasteiger partial charge in [0.15, 0.2) is 11.5 Å². The van der Waals surface area contributed by atoms with E-state index in [1.165, 1.54) is 0 Å². The Morgan fingerprint density at radius 1 is 0.857 bits per heavy atom. The molecule has 0 amide bonds. The highest BCUT2D eigenvalue weighted by molar-refractivity contribution is 6.35. The van der Waals surface area contributed by atoms with E-state index in [1.807, 2.05) is 60.7 Å². The molecule has 0 fully saturated rings. The van der Waals surface area contributed by atoms with Crippen LogP contribution in [0, 0.1) is 0 Å². The zero-order valence-electron chi connectivity index (χ0n) is 15.8. The van der Waals surface area contributed by atoms with Crippen molar-refractivity contribution in [3.63, 3.8) is 0 Å². The Hall–Kier alpha value is -2.20. The summed E-state index contributed by atoms with van der Waals surface area (Å²) in [6.07, 6.45) is 0.839. The van der Waals surface area contributed by atoms with E-state index in [1.54, 1.807) is 13.2 Å². The highest BCUT2D eigenvalue weighted by atomic mass is 35.5. The minimum atomic E-state index is 0.511. The molecule has 0 heterocycles. The molecular weight excluding hydrogens is 393 g/mol. The van der Waals surface area contributed by atoms with E-state index in [-0.39, 0.29) is 0 Å². The standard InChI is InChI=1S/C23H23Cl2NO2/c1-27-23-13-18(7-10-22(23)28-16-17-5-3-2-4-6-17)15-26-12-11-19-8-9-20(24)14-21(19)25/h2-10,13-14,26H,11-12,15-16H2,1H3. The predicted molar refractivity (Wildman–Crippen MR) is 116 cm³/mol. The predicted octanol–water partition coefficient (Wildman–Crippen LogP) is 5.91. The maximum atomic E-state index is 6.21. The third-order valence-electron chi connectivity index (χ3n) is 4.38. The highest BCUT2D eigenvalue weighted by Gasteiger charge is 2.07. The molecule has 0 atom stereocenters. The Bertz CT molecular complexity index is 900. The molecule has 0 aromatic heterocycles. The zero-order valence-corrected chi connectivity index (χ0v) is 17.3. The summed E-state index contributed by atoms with van der Waals surface area (Å²) < 4.78 is 11.4. The molecule has 0 saturated carbocycles. The van der Waals surface area contributed by atoms with Gasteiger partial charge in [-0.2, -0.15) is 0 Å². The molecular formula is C23H23Cl2NO2. The number of methoxy groups -OCH3 is 1.